The van der Waals surface area contributed by atoms with E-state index in [-0.39, 0.29) is 0 Å². The van der Waals surface area contributed by atoms with E-state index in [0.717, 1.165) is 6.20 Å². The van der Waals surface area contributed by atoms with Crippen molar-refractivity contribution in [3.63, 3.8) is 0 Å². The van der Waals surface area contributed by atoms with Crippen LogP contribution < -0.4 is 11.2 Å². The highest BCUT2D eigenvalue weighted by molar-refractivity contribution is 4.88. The van der Waals surface area contributed by atoms with E-state index < -0.39 is 23.3 Å². The van der Waals surface area contributed by atoms with E-state index >= 15 is 0 Å². The predicted octanol–water partition coefficient (Wildman–Crippen LogP) is 0.231. The van der Waals surface area contributed by atoms with Crippen LogP contribution in [0, 0.1) is 5.82 Å². The maximum Gasteiger partial charge on any atom is 0.330 e. The van der Waals surface area contributed by atoms with Gasteiger partial charge in [0.15, 0.2) is 0 Å². The van der Waals surface area contributed by atoms with E-state index in [2.05, 4.69) is 4.98 Å². The molecule has 0 amide bonds. The number of nitrogens with one attached hydrogen (secondary N) is 1. The third-order valence-corrected chi connectivity index (χ3v) is 1.74. The van der Waals surface area contributed by atoms with Gasteiger partial charge in [-0.15, -0.1) is 0 Å². The molecular weight excluding hydrogens is 191 g/mol. The first-order chi connectivity index (χ1) is 6.57. The van der Waals surface area contributed by atoms with Crippen LogP contribution in [-0.4, -0.2) is 16.2 Å². The van der Waals surface area contributed by atoms with Crippen molar-refractivity contribution in [2.24, 2.45) is 0 Å². The molecule has 1 unspecified atom stereocenters. The Bertz CT molecular complexity index is 423. The van der Waals surface area contributed by atoms with Gasteiger partial charge in [-0.3, -0.25) is 4.79 Å². The molecule has 0 saturated heterocycles. The number of ether oxygens (including phenoxy) is 1. The highest BCUT2D eigenvalue weighted by Crippen LogP contribution is 1.99. The van der Waals surface area contributed by atoms with Crippen molar-refractivity contribution >= 4 is 0 Å². The van der Waals surface area contributed by atoms with Crippen LogP contribution in [0.5, 0.6) is 0 Å². The molecule has 1 heterocycles. The minimum Gasteiger partial charge on any atom is -0.358 e. The largest absolute Gasteiger partial charge is 0.358 e. The maximum atomic E-state index is 12.8. The molecule has 0 aliphatic carbocycles. The van der Waals surface area contributed by atoms with E-state index in [4.69, 9.17) is 4.74 Å². The van der Waals surface area contributed by atoms with E-state index in [0.29, 0.717) is 11.2 Å². The number of hydrogen-bond acceptors (Lipinski definition) is 3. The highest BCUT2D eigenvalue weighted by Gasteiger charge is 2.12. The second kappa shape index (κ2) is 4.19. The summed E-state index contributed by atoms with van der Waals surface area (Å²) >= 11 is 0. The van der Waals surface area contributed by atoms with Crippen LogP contribution in [0.1, 0.15) is 20.1 Å². The number of aromatic amines is 1. The molecule has 6 heteroatoms. The highest BCUT2D eigenvalue weighted by atomic mass is 19.1. The Labute approximate surface area is 79.1 Å². The Hall–Kier alpha value is -1.43. The van der Waals surface area contributed by atoms with Gasteiger partial charge in [0.1, 0.15) is 6.23 Å². The zero-order valence-electron chi connectivity index (χ0n) is 7.91. The van der Waals surface area contributed by atoms with Crippen molar-refractivity contribution in [3.8, 4) is 0 Å². The molecule has 14 heavy (non-hydrogen) atoms. The second-order valence-corrected chi connectivity index (χ2v) is 2.67. The molecule has 0 radical (unpaired) electrons. The Morgan fingerprint density at radius 1 is 1.64 bits per heavy atom. The standard InChI is InChI=1S/C8H11FN2O3/c1-3-14-5(2)11-7(12)6(9)4-10-8(11)13/h4-5H,3H2,1-2H3,(H,10,13). The lowest BCUT2D eigenvalue weighted by molar-refractivity contribution is 0.0182. The number of halogens is 1. The van der Waals surface area contributed by atoms with Crippen LogP contribution in [-0.2, 0) is 4.74 Å². The third-order valence-electron chi connectivity index (χ3n) is 1.74. The normalized spacial score (nSPS) is 12.8. The minimum absolute atomic E-state index is 0.337. The Kier molecular flexibility index (Phi) is 3.19. The fourth-order valence-electron chi connectivity index (χ4n) is 1.11. The van der Waals surface area contributed by atoms with Gasteiger partial charge in [-0.05, 0) is 13.8 Å². The molecule has 0 spiro atoms. The first-order valence-corrected chi connectivity index (χ1v) is 4.19. The lowest BCUT2D eigenvalue weighted by atomic mass is 10.5. The Balaban J connectivity index is 3.26. The van der Waals surface area contributed by atoms with Crippen molar-refractivity contribution in [3.05, 3.63) is 32.9 Å². The Morgan fingerprint density at radius 3 is 2.86 bits per heavy atom. The quantitative estimate of drug-likeness (QED) is 0.763. The minimum atomic E-state index is -1.00. The number of rotatable bonds is 3. The number of aromatic nitrogens is 2. The van der Waals surface area contributed by atoms with Crippen LogP contribution in [0.2, 0.25) is 0 Å². The summed E-state index contributed by atoms with van der Waals surface area (Å²) in [5, 5.41) is 0. The van der Waals surface area contributed by atoms with Gasteiger partial charge in [0.25, 0.3) is 5.56 Å². The van der Waals surface area contributed by atoms with Crippen LogP contribution in [0.3, 0.4) is 0 Å². The smallest absolute Gasteiger partial charge is 0.330 e. The molecular formula is C8H11FN2O3. The average Bonchev–Trinajstić information content (AvgIpc) is 2.13. The molecule has 0 fully saturated rings. The first-order valence-electron chi connectivity index (χ1n) is 4.19. The third kappa shape index (κ3) is 1.90. The summed E-state index contributed by atoms with van der Waals surface area (Å²) in [6, 6.07) is 0. The van der Waals surface area contributed by atoms with E-state index in [1.807, 2.05) is 0 Å². The molecule has 1 atom stereocenters. The molecule has 0 aliphatic heterocycles. The predicted molar refractivity (Wildman–Crippen MR) is 47.6 cm³/mol. The summed E-state index contributed by atoms with van der Waals surface area (Å²) in [4.78, 5) is 24.5. The van der Waals surface area contributed by atoms with Gasteiger partial charge in [-0.25, -0.2) is 9.36 Å². The summed E-state index contributed by atoms with van der Waals surface area (Å²) in [7, 11) is 0. The first kappa shape index (κ1) is 10.6. The van der Waals surface area contributed by atoms with Gasteiger partial charge in [-0.1, -0.05) is 0 Å². The number of hydrogen-bond donors (Lipinski definition) is 1. The molecule has 0 bridgehead atoms. The molecule has 1 N–H and O–H groups in total. The Morgan fingerprint density at radius 2 is 2.29 bits per heavy atom. The topological polar surface area (TPSA) is 64.1 Å². The molecule has 1 aromatic rings. The van der Waals surface area contributed by atoms with Crippen molar-refractivity contribution in [1.82, 2.24) is 9.55 Å². The molecule has 5 nitrogen and oxygen atoms in total. The van der Waals surface area contributed by atoms with Crippen LogP contribution in [0.4, 0.5) is 4.39 Å². The maximum absolute atomic E-state index is 12.8. The average molecular weight is 202 g/mol. The van der Waals surface area contributed by atoms with Gasteiger partial charge >= 0.3 is 5.69 Å². The summed E-state index contributed by atoms with van der Waals surface area (Å²) in [5.74, 6) is -1.00. The molecule has 78 valence electrons. The van der Waals surface area contributed by atoms with Gasteiger partial charge in [0.2, 0.25) is 5.82 Å². The summed E-state index contributed by atoms with van der Waals surface area (Å²) < 4.78 is 18.5. The van der Waals surface area contributed by atoms with Crippen LogP contribution >= 0.6 is 0 Å². The van der Waals surface area contributed by atoms with E-state index in [1.165, 1.54) is 6.92 Å². The van der Waals surface area contributed by atoms with Crippen molar-refractivity contribution in [2.75, 3.05) is 6.61 Å². The monoisotopic (exact) mass is 202 g/mol. The lowest BCUT2D eigenvalue weighted by Gasteiger charge is -2.12. The van der Waals surface area contributed by atoms with Crippen LogP contribution in [0.15, 0.2) is 15.8 Å². The van der Waals surface area contributed by atoms with Crippen molar-refractivity contribution < 1.29 is 9.13 Å². The second-order valence-electron chi connectivity index (χ2n) is 2.67. The summed E-state index contributed by atoms with van der Waals surface area (Å²) in [5.41, 5.74) is -1.66. The molecule has 0 aromatic carbocycles. The summed E-state index contributed by atoms with van der Waals surface area (Å²) in [6.45, 7) is 3.55. The van der Waals surface area contributed by atoms with Crippen molar-refractivity contribution in [1.29, 1.82) is 0 Å². The van der Waals surface area contributed by atoms with Gasteiger partial charge < -0.3 is 9.72 Å². The van der Waals surface area contributed by atoms with Gasteiger partial charge in [0, 0.05) is 12.8 Å². The fraction of sp³-hybridized carbons (Fsp3) is 0.500. The van der Waals surface area contributed by atoms with Gasteiger partial charge in [0.05, 0.1) is 0 Å². The number of H-pyrrole nitrogens is 1. The zero-order chi connectivity index (χ0) is 10.7. The van der Waals surface area contributed by atoms with Crippen molar-refractivity contribution in [2.45, 2.75) is 20.1 Å². The molecule has 1 rings (SSSR count). The number of nitrogens with zero attached hydrogens (tertiary/aromatic N) is 1. The SMILES string of the molecule is CCOC(C)n1c(=O)[nH]cc(F)c1=O. The molecule has 0 aliphatic rings. The lowest BCUT2D eigenvalue weighted by Crippen LogP contribution is -2.39. The zero-order valence-corrected chi connectivity index (χ0v) is 7.91. The molecule has 1 aromatic heterocycles. The van der Waals surface area contributed by atoms with Crippen LogP contribution in [0.25, 0.3) is 0 Å². The van der Waals surface area contributed by atoms with Gasteiger partial charge in [-0.2, -0.15) is 4.39 Å². The summed E-state index contributed by atoms with van der Waals surface area (Å²) in [6.07, 6.45) is -0.0354. The fourth-order valence-corrected chi connectivity index (χ4v) is 1.11. The molecule has 0 saturated carbocycles. The van der Waals surface area contributed by atoms with E-state index in [1.54, 1.807) is 6.92 Å². The van der Waals surface area contributed by atoms with E-state index in [9.17, 15) is 14.0 Å².